The van der Waals surface area contributed by atoms with Crippen molar-refractivity contribution in [2.75, 3.05) is 0 Å². The van der Waals surface area contributed by atoms with E-state index in [4.69, 9.17) is 0 Å². The van der Waals surface area contributed by atoms with Crippen molar-refractivity contribution in [2.45, 2.75) is 63.6 Å². The Morgan fingerprint density at radius 2 is 2.09 bits per heavy atom. The van der Waals surface area contributed by atoms with Crippen LogP contribution in [0.2, 0.25) is 0 Å². The first-order chi connectivity index (χ1) is 10.7. The molecule has 120 valence electrons. The molecule has 0 bridgehead atoms. The lowest BCUT2D eigenvalue weighted by Crippen LogP contribution is -2.46. The molecule has 2 aliphatic rings. The molecule has 1 saturated carbocycles. The Morgan fingerprint density at radius 3 is 2.82 bits per heavy atom. The van der Waals surface area contributed by atoms with Gasteiger partial charge in [0.15, 0.2) is 0 Å². The van der Waals surface area contributed by atoms with Crippen LogP contribution >= 0.6 is 0 Å². The molecule has 2 fully saturated rings. The van der Waals surface area contributed by atoms with Gasteiger partial charge in [0, 0.05) is 19.0 Å². The highest BCUT2D eigenvalue weighted by molar-refractivity contribution is 5.84. The van der Waals surface area contributed by atoms with Gasteiger partial charge in [-0.2, -0.15) is 5.10 Å². The van der Waals surface area contributed by atoms with Crippen LogP contribution in [0.4, 0.5) is 0 Å². The molecular weight excluding hydrogens is 284 g/mol. The third-order valence-corrected chi connectivity index (χ3v) is 4.91. The van der Waals surface area contributed by atoms with Crippen LogP contribution in [0.3, 0.4) is 0 Å². The van der Waals surface area contributed by atoms with Crippen LogP contribution < -0.4 is 0 Å². The number of fused-ring (bicyclic) bond motifs is 1. The molecule has 0 unspecified atom stereocenters. The van der Waals surface area contributed by atoms with Gasteiger partial charge in [-0.25, -0.2) is 9.78 Å². The van der Waals surface area contributed by atoms with Crippen LogP contribution in [-0.2, 0) is 16.1 Å². The van der Waals surface area contributed by atoms with Crippen molar-refractivity contribution < 1.29 is 14.7 Å². The van der Waals surface area contributed by atoms with Gasteiger partial charge in [-0.1, -0.05) is 12.8 Å². The molecule has 22 heavy (non-hydrogen) atoms. The van der Waals surface area contributed by atoms with Crippen molar-refractivity contribution >= 4 is 11.9 Å². The molecule has 1 aromatic heterocycles. The minimum absolute atomic E-state index is 0.0260. The van der Waals surface area contributed by atoms with E-state index >= 15 is 0 Å². The number of hydrogen-bond donors (Lipinski definition) is 1. The average molecular weight is 306 g/mol. The summed E-state index contributed by atoms with van der Waals surface area (Å²) in [6.07, 6.45) is 8.98. The van der Waals surface area contributed by atoms with Crippen molar-refractivity contribution in [1.82, 2.24) is 19.7 Å². The SMILES string of the molecule is O=C(O)[C@@H]1C[C@H]2CCCC[C@@H]2N1C(=O)CCCn1cncn1. The predicted molar refractivity (Wildman–Crippen MR) is 77.9 cm³/mol. The maximum absolute atomic E-state index is 12.6. The van der Waals surface area contributed by atoms with Gasteiger partial charge in [0.25, 0.3) is 0 Å². The van der Waals surface area contributed by atoms with Gasteiger partial charge in [-0.3, -0.25) is 9.48 Å². The molecule has 7 heteroatoms. The molecule has 0 radical (unpaired) electrons. The molecule has 1 amide bonds. The molecule has 2 heterocycles. The zero-order valence-corrected chi connectivity index (χ0v) is 12.6. The molecule has 7 nitrogen and oxygen atoms in total. The summed E-state index contributed by atoms with van der Waals surface area (Å²) in [5, 5.41) is 13.4. The van der Waals surface area contributed by atoms with Gasteiger partial charge in [0.2, 0.25) is 5.91 Å². The highest BCUT2D eigenvalue weighted by Crippen LogP contribution is 2.40. The Morgan fingerprint density at radius 1 is 1.27 bits per heavy atom. The number of likely N-dealkylation sites (tertiary alicyclic amines) is 1. The first-order valence-corrected chi connectivity index (χ1v) is 8.03. The van der Waals surface area contributed by atoms with Gasteiger partial charge in [-0.15, -0.1) is 0 Å². The van der Waals surface area contributed by atoms with Crippen LogP contribution in [0.15, 0.2) is 12.7 Å². The second-order valence-electron chi connectivity index (χ2n) is 6.26. The van der Waals surface area contributed by atoms with Gasteiger partial charge < -0.3 is 10.0 Å². The summed E-state index contributed by atoms with van der Waals surface area (Å²) in [7, 11) is 0. The zero-order valence-electron chi connectivity index (χ0n) is 12.6. The minimum Gasteiger partial charge on any atom is -0.480 e. The van der Waals surface area contributed by atoms with Crippen molar-refractivity contribution in [3.63, 3.8) is 0 Å². The highest BCUT2D eigenvalue weighted by Gasteiger charge is 2.47. The Bertz CT molecular complexity index is 531. The van der Waals surface area contributed by atoms with Crippen LogP contribution in [0, 0.1) is 5.92 Å². The van der Waals surface area contributed by atoms with E-state index in [1.807, 2.05) is 0 Å². The molecule has 3 rings (SSSR count). The standard InChI is InChI=1S/C15H22N4O3/c20-14(6-3-7-18-10-16-9-17-18)19-12-5-2-1-4-11(12)8-13(19)15(21)22/h9-13H,1-8H2,(H,21,22)/t11-,12+,13+/m1/s1. The van der Waals surface area contributed by atoms with Crippen LogP contribution in [0.1, 0.15) is 44.9 Å². The third kappa shape index (κ3) is 2.98. The number of amides is 1. The minimum atomic E-state index is -0.862. The topological polar surface area (TPSA) is 88.3 Å². The largest absolute Gasteiger partial charge is 0.480 e. The van der Waals surface area contributed by atoms with Crippen LogP contribution in [0.5, 0.6) is 0 Å². The van der Waals surface area contributed by atoms with Gasteiger partial charge >= 0.3 is 5.97 Å². The monoisotopic (exact) mass is 306 g/mol. The second kappa shape index (κ2) is 6.46. The fourth-order valence-electron chi connectivity index (χ4n) is 3.91. The summed E-state index contributed by atoms with van der Waals surface area (Å²) in [5.41, 5.74) is 0. The molecule has 1 saturated heterocycles. The highest BCUT2D eigenvalue weighted by atomic mass is 16.4. The Balaban J connectivity index is 1.61. The van der Waals surface area contributed by atoms with Crippen molar-refractivity contribution in [3.05, 3.63) is 12.7 Å². The molecule has 0 spiro atoms. The number of aromatic nitrogens is 3. The number of carboxylic acids is 1. The first-order valence-electron chi connectivity index (χ1n) is 8.03. The Hall–Kier alpha value is -1.92. The number of nitrogens with zero attached hydrogens (tertiary/aromatic N) is 4. The average Bonchev–Trinajstić information content (AvgIpc) is 3.13. The number of carbonyl (C=O) groups is 2. The number of aryl methyl sites for hydroxylation is 1. The summed E-state index contributed by atoms with van der Waals surface area (Å²) >= 11 is 0. The third-order valence-electron chi connectivity index (χ3n) is 4.91. The van der Waals surface area contributed by atoms with Crippen molar-refractivity contribution in [1.29, 1.82) is 0 Å². The van der Waals surface area contributed by atoms with E-state index in [1.54, 1.807) is 15.9 Å². The van der Waals surface area contributed by atoms with E-state index in [0.717, 1.165) is 25.7 Å². The van der Waals surface area contributed by atoms with Crippen LogP contribution in [-0.4, -0.2) is 48.7 Å². The maximum Gasteiger partial charge on any atom is 0.326 e. The maximum atomic E-state index is 12.6. The fourth-order valence-corrected chi connectivity index (χ4v) is 3.91. The van der Waals surface area contributed by atoms with E-state index in [-0.39, 0.29) is 11.9 Å². The Kier molecular flexibility index (Phi) is 4.40. The zero-order chi connectivity index (χ0) is 15.5. The van der Waals surface area contributed by atoms with Crippen molar-refractivity contribution in [2.24, 2.45) is 5.92 Å². The van der Waals surface area contributed by atoms with E-state index < -0.39 is 12.0 Å². The van der Waals surface area contributed by atoms with E-state index in [2.05, 4.69) is 10.1 Å². The number of rotatable bonds is 5. The van der Waals surface area contributed by atoms with Gasteiger partial charge in [0.1, 0.15) is 18.7 Å². The molecule has 1 aliphatic heterocycles. The molecule has 3 atom stereocenters. The lowest BCUT2D eigenvalue weighted by Gasteiger charge is -2.33. The Labute approximate surface area is 129 Å². The molecule has 0 aromatic carbocycles. The normalized spacial score (nSPS) is 27.6. The van der Waals surface area contributed by atoms with E-state index in [1.165, 1.54) is 6.33 Å². The summed E-state index contributed by atoms with van der Waals surface area (Å²) in [5.74, 6) is -0.518. The summed E-state index contributed by atoms with van der Waals surface area (Å²) in [6.45, 7) is 0.630. The number of carboxylic acid groups (broad SMARTS) is 1. The lowest BCUT2D eigenvalue weighted by molar-refractivity contribution is -0.150. The first kappa shape index (κ1) is 15.0. The summed E-state index contributed by atoms with van der Waals surface area (Å²) in [6, 6.07) is -0.499. The fraction of sp³-hybridized carbons (Fsp3) is 0.733. The van der Waals surface area contributed by atoms with E-state index in [9.17, 15) is 14.7 Å². The van der Waals surface area contributed by atoms with Gasteiger partial charge in [0.05, 0.1) is 0 Å². The summed E-state index contributed by atoms with van der Waals surface area (Å²) < 4.78 is 1.69. The molecule has 1 aliphatic carbocycles. The van der Waals surface area contributed by atoms with Crippen molar-refractivity contribution in [3.8, 4) is 0 Å². The number of carbonyl (C=O) groups excluding carboxylic acids is 1. The van der Waals surface area contributed by atoms with Gasteiger partial charge in [-0.05, 0) is 31.6 Å². The number of hydrogen-bond acceptors (Lipinski definition) is 4. The lowest BCUT2D eigenvalue weighted by atomic mass is 9.84. The molecule has 1 aromatic rings. The molecule has 1 N–H and O–H groups in total. The summed E-state index contributed by atoms with van der Waals surface area (Å²) in [4.78, 5) is 29.6. The van der Waals surface area contributed by atoms with Crippen LogP contribution in [0.25, 0.3) is 0 Å². The smallest absolute Gasteiger partial charge is 0.326 e. The predicted octanol–water partition coefficient (Wildman–Crippen LogP) is 1.30. The van der Waals surface area contributed by atoms with E-state index in [0.29, 0.717) is 31.7 Å². The quantitative estimate of drug-likeness (QED) is 0.886. The molecular formula is C15H22N4O3. The number of aliphatic carboxylic acids is 1. The second-order valence-corrected chi connectivity index (χ2v) is 6.26.